The summed E-state index contributed by atoms with van der Waals surface area (Å²) in [4.78, 5) is 28.9. The van der Waals surface area contributed by atoms with E-state index in [0.29, 0.717) is 36.3 Å². The maximum Gasteiger partial charge on any atom is 0.273 e. The van der Waals surface area contributed by atoms with E-state index in [1.54, 1.807) is 36.8 Å². The maximum atomic E-state index is 12.3. The van der Waals surface area contributed by atoms with E-state index in [1.807, 2.05) is 25.1 Å². The van der Waals surface area contributed by atoms with Gasteiger partial charge in [0, 0.05) is 49.4 Å². The van der Waals surface area contributed by atoms with E-state index in [0.717, 1.165) is 11.1 Å². The quantitative estimate of drug-likeness (QED) is 0.371. The Morgan fingerprint density at radius 1 is 1.00 bits per heavy atom. The van der Waals surface area contributed by atoms with Gasteiger partial charge in [0.15, 0.2) is 11.5 Å². The minimum atomic E-state index is -0.323. The molecule has 0 bridgehead atoms. The molecular weight excluding hydrogens is 396 g/mol. The number of anilines is 3. The highest BCUT2D eigenvalue weighted by atomic mass is 16.5. The molecule has 4 heterocycles. The van der Waals surface area contributed by atoms with E-state index < -0.39 is 0 Å². The molecule has 0 atom stereocenters. The average Bonchev–Trinajstić information content (AvgIpc) is 3.28. The first-order valence-corrected chi connectivity index (χ1v) is 9.58. The second kappa shape index (κ2) is 9.44. The molecule has 4 aromatic heterocycles. The Labute approximate surface area is 178 Å². The normalized spacial score (nSPS) is 10.5. The van der Waals surface area contributed by atoms with Gasteiger partial charge in [-0.3, -0.25) is 9.78 Å². The lowest BCUT2D eigenvalue weighted by molar-refractivity contribution is 0.0946. The van der Waals surface area contributed by atoms with E-state index in [2.05, 4.69) is 41.0 Å². The number of hydrogen-bond acceptors (Lipinski definition) is 9. The lowest BCUT2D eigenvalue weighted by Crippen LogP contribution is -2.29. The molecule has 31 heavy (non-hydrogen) atoms. The molecule has 10 heteroatoms. The van der Waals surface area contributed by atoms with Crippen molar-refractivity contribution in [2.75, 3.05) is 23.7 Å². The Balaban J connectivity index is 1.26. The summed E-state index contributed by atoms with van der Waals surface area (Å²) in [5, 5.41) is 12.9. The molecule has 3 N–H and O–H groups in total. The maximum absolute atomic E-state index is 12.3. The fourth-order valence-corrected chi connectivity index (χ4v) is 2.74. The molecule has 0 aliphatic heterocycles. The molecule has 156 valence electrons. The number of carbonyl (C=O) groups excluding carboxylic acids is 1. The Hall–Kier alpha value is -4.34. The smallest absolute Gasteiger partial charge is 0.273 e. The van der Waals surface area contributed by atoms with Crippen LogP contribution in [0.2, 0.25) is 0 Å². The monoisotopic (exact) mass is 416 g/mol. The number of nitrogens with zero attached hydrogens (tertiary/aromatic N) is 5. The van der Waals surface area contributed by atoms with Gasteiger partial charge < -0.3 is 20.5 Å². The van der Waals surface area contributed by atoms with Gasteiger partial charge in [-0.15, -0.1) is 0 Å². The number of amides is 1. The molecule has 0 aromatic carbocycles. The molecule has 0 unspecified atom stereocenters. The molecule has 0 radical (unpaired) electrons. The van der Waals surface area contributed by atoms with Crippen LogP contribution in [-0.4, -0.2) is 44.1 Å². The predicted molar refractivity (Wildman–Crippen MR) is 115 cm³/mol. The second-order valence-corrected chi connectivity index (χ2v) is 6.63. The fourth-order valence-electron chi connectivity index (χ4n) is 2.74. The van der Waals surface area contributed by atoms with Crippen LogP contribution in [0.1, 0.15) is 16.1 Å². The largest absolute Gasteiger partial charge is 0.368 e. The lowest BCUT2D eigenvalue weighted by atomic mass is 10.2. The van der Waals surface area contributed by atoms with Crippen LogP contribution in [0.3, 0.4) is 0 Å². The summed E-state index contributed by atoms with van der Waals surface area (Å²) >= 11 is 0. The van der Waals surface area contributed by atoms with E-state index >= 15 is 0 Å². The number of aromatic nitrogens is 5. The topological polar surface area (TPSA) is 131 Å². The summed E-state index contributed by atoms with van der Waals surface area (Å²) in [7, 11) is 0. The molecule has 10 nitrogen and oxygen atoms in total. The molecule has 4 rings (SSSR count). The number of rotatable bonds is 8. The van der Waals surface area contributed by atoms with Gasteiger partial charge in [-0.2, -0.15) is 0 Å². The van der Waals surface area contributed by atoms with Crippen LogP contribution < -0.4 is 16.0 Å². The highest BCUT2D eigenvalue weighted by Gasteiger charge is 2.13. The average molecular weight is 416 g/mol. The van der Waals surface area contributed by atoms with Gasteiger partial charge in [0.2, 0.25) is 0 Å². The molecule has 0 fully saturated rings. The van der Waals surface area contributed by atoms with Gasteiger partial charge in [0.1, 0.15) is 23.8 Å². The Morgan fingerprint density at radius 2 is 1.87 bits per heavy atom. The van der Waals surface area contributed by atoms with Gasteiger partial charge in [-0.1, -0.05) is 5.16 Å². The van der Waals surface area contributed by atoms with E-state index in [4.69, 9.17) is 4.52 Å². The van der Waals surface area contributed by atoms with Crippen molar-refractivity contribution in [2.24, 2.45) is 0 Å². The van der Waals surface area contributed by atoms with Crippen LogP contribution in [0.5, 0.6) is 0 Å². The van der Waals surface area contributed by atoms with Crippen LogP contribution in [0, 0.1) is 6.92 Å². The summed E-state index contributed by atoms with van der Waals surface area (Å²) in [6.45, 7) is 2.84. The van der Waals surface area contributed by atoms with Gasteiger partial charge in [0.25, 0.3) is 5.91 Å². The number of nitrogens with one attached hydrogen (secondary N) is 3. The van der Waals surface area contributed by atoms with Gasteiger partial charge in [-0.05, 0) is 36.8 Å². The van der Waals surface area contributed by atoms with E-state index in [1.165, 1.54) is 6.33 Å². The van der Waals surface area contributed by atoms with Crippen LogP contribution in [0.15, 0.2) is 65.8 Å². The van der Waals surface area contributed by atoms with Gasteiger partial charge >= 0.3 is 0 Å². The van der Waals surface area contributed by atoms with Crippen molar-refractivity contribution >= 4 is 23.4 Å². The molecule has 0 aliphatic carbocycles. The van der Waals surface area contributed by atoms with E-state index in [9.17, 15) is 4.79 Å². The Morgan fingerprint density at radius 3 is 2.71 bits per heavy atom. The third-order valence-electron chi connectivity index (χ3n) is 4.24. The minimum absolute atomic E-state index is 0.207. The number of carbonyl (C=O) groups is 1. The first-order valence-electron chi connectivity index (χ1n) is 9.58. The highest BCUT2D eigenvalue weighted by Crippen LogP contribution is 2.18. The highest BCUT2D eigenvalue weighted by molar-refractivity contribution is 5.93. The third kappa shape index (κ3) is 5.38. The second-order valence-electron chi connectivity index (χ2n) is 6.63. The van der Waals surface area contributed by atoms with Gasteiger partial charge in [-0.25, -0.2) is 15.0 Å². The van der Waals surface area contributed by atoms with Gasteiger partial charge in [0.05, 0.1) is 0 Å². The van der Waals surface area contributed by atoms with Crippen molar-refractivity contribution in [2.45, 2.75) is 6.92 Å². The summed E-state index contributed by atoms with van der Waals surface area (Å²) in [6.07, 6.45) is 6.49. The first kappa shape index (κ1) is 20.0. The zero-order valence-electron chi connectivity index (χ0n) is 16.7. The number of pyridine rings is 2. The van der Waals surface area contributed by atoms with Crippen LogP contribution in [0.4, 0.5) is 17.5 Å². The molecule has 0 saturated heterocycles. The zero-order valence-corrected chi connectivity index (χ0v) is 16.7. The van der Waals surface area contributed by atoms with Crippen molar-refractivity contribution in [1.82, 2.24) is 30.4 Å². The molecule has 0 spiro atoms. The molecule has 0 saturated carbocycles. The summed E-state index contributed by atoms with van der Waals surface area (Å²) in [5.41, 5.74) is 2.06. The van der Waals surface area contributed by atoms with Crippen molar-refractivity contribution in [3.05, 3.63) is 72.6 Å². The molecular formula is C21H20N8O2. The third-order valence-corrected chi connectivity index (χ3v) is 4.24. The predicted octanol–water partition coefficient (Wildman–Crippen LogP) is 2.82. The lowest BCUT2D eigenvalue weighted by Gasteiger charge is -2.09. The summed E-state index contributed by atoms with van der Waals surface area (Å²) < 4.78 is 5.22. The first-order chi connectivity index (χ1) is 15.2. The molecule has 0 aliphatic rings. The number of hydrogen-bond donors (Lipinski definition) is 3. The van der Waals surface area contributed by atoms with Crippen molar-refractivity contribution in [3.8, 4) is 11.3 Å². The summed E-state index contributed by atoms with van der Waals surface area (Å²) in [5.74, 6) is 2.11. The summed E-state index contributed by atoms with van der Waals surface area (Å²) in [6, 6.07) is 10.8. The van der Waals surface area contributed by atoms with Crippen molar-refractivity contribution in [1.29, 1.82) is 0 Å². The van der Waals surface area contributed by atoms with Crippen molar-refractivity contribution in [3.63, 3.8) is 0 Å². The zero-order chi connectivity index (χ0) is 21.5. The molecule has 1 amide bonds. The van der Waals surface area contributed by atoms with Crippen molar-refractivity contribution < 1.29 is 9.32 Å². The standard InChI is InChI=1S/C21H20N8O2/c1-14-4-6-23-19(9-14)28-20-11-18(26-13-27-20)24-7-8-25-21(30)16-10-17(31-29-16)15-3-2-5-22-12-15/h2-6,9-13H,7-8H2,1H3,(H,25,30)(H2,23,24,26,27,28). The van der Waals surface area contributed by atoms with E-state index in [-0.39, 0.29) is 11.6 Å². The fraction of sp³-hybridized carbons (Fsp3) is 0.143. The Kier molecular flexibility index (Phi) is 6.08. The SMILES string of the molecule is Cc1ccnc(Nc2cc(NCCNC(=O)c3cc(-c4cccnc4)on3)ncn2)c1. The van der Waals surface area contributed by atoms with Crippen LogP contribution in [0.25, 0.3) is 11.3 Å². The number of aryl methyl sites for hydroxylation is 1. The van der Waals surface area contributed by atoms with Crippen LogP contribution in [-0.2, 0) is 0 Å². The van der Waals surface area contributed by atoms with Crippen LogP contribution >= 0.6 is 0 Å². The molecule has 4 aromatic rings. The minimum Gasteiger partial charge on any atom is -0.368 e. The Bertz CT molecular complexity index is 1160.